The number of aromatic nitrogens is 2. The molecule has 0 aliphatic heterocycles. The van der Waals surface area contributed by atoms with E-state index in [1.807, 2.05) is 0 Å². The quantitative estimate of drug-likeness (QED) is 0.818. The van der Waals surface area contributed by atoms with Crippen molar-refractivity contribution in [2.24, 2.45) is 5.92 Å². The first-order chi connectivity index (χ1) is 8.00. The van der Waals surface area contributed by atoms with Crippen LogP contribution in [0.15, 0.2) is 4.79 Å². The molecule has 1 aliphatic rings. The highest BCUT2D eigenvalue weighted by Gasteiger charge is 2.28. The molecule has 2 rings (SSSR count). The molecule has 5 nitrogen and oxygen atoms in total. The summed E-state index contributed by atoms with van der Waals surface area (Å²) in [6, 6.07) is 0. The molecule has 5 heteroatoms. The lowest BCUT2D eigenvalue weighted by Crippen LogP contribution is -2.24. The van der Waals surface area contributed by atoms with Crippen LogP contribution in [-0.4, -0.2) is 21.0 Å². The second-order valence-corrected chi connectivity index (χ2v) is 4.73. The van der Waals surface area contributed by atoms with Crippen LogP contribution in [0.3, 0.4) is 0 Å². The van der Waals surface area contributed by atoms with Crippen molar-refractivity contribution < 1.29 is 9.90 Å². The third-order valence-corrected chi connectivity index (χ3v) is 3.55. The molecule has 17 heavy (non-hydrogen) atoms. The summed E-state index contributed by atoms with van der Waals surface area (Å²) >= 11 is 0. The predicted octanol–water partition coefficient (Wildman–Crippen LogP) is 1.68. The Morgan fingerprint density at radius 3 is 2.65 bits per heavy atom. The van der Waals surface area contributed by atoms with Crippen molar-refractivity contribution in [1.82, 2.24) is 9.97 Å². The highest BCUT2D eigenvalue weighted by Crippen LogP contribution is 2.37. The maximum absolute atomic E-state index is 11.7. The summed E-state index contributed by atoms with van der Waals surface area (Å²) in [4.78, 5) is 29.4. The molecule has 0 amide bonds. The number of hydrogen-bond acceptors (Lipinski definition) is 3. The van der Waals surface area contributed by atoms with Crippen LogP contribution < -0.4 is 5.56 Å². The van der Waals surface area contributed by atoms with E-state index in [9.17, 15) is 9.59 Å². The van der Waals surface area contributed by atoms with E-state index in [0.717, 1.165) is 19.3 Å². The van der Waals surface area contributed by atoms with E-state index in [1.165, 1.54) is 0 Å². The van der Waals surface area contributed by atoms with Crippen molar-refractivity contribution in [2.75, 3.05) is 0 Å². The number of carboxylic acid groups (broad SMARTS) is 1. The van der Waals surface area contributed by atoms with E-state index in [0.29, 0.717) is 17.4 Å². The van der Waals surface area contributed by atoms with Gasteiger partial charge in [-0.05, 0) is 25.7 Å². The minimum absolute atomic E-state index is 0.251. The molecule has 0 saturated heterocycles. The van der Waals surface area contributed by atoms with Gasteiger partial charge < -0.3 is 10.1 Å². The van der Waals surface area contributed by atoms with E-state index in [2.05, 4.69) is 16.9 Å². The Morgan fingerprint density at radius 2 is 2.18 bits per heavy atom. The molecule has 0 bridgehead atoms. The van der Waals surface area contributed by atoms with Crippen molar-refractivity contribution in [2.45, 2.75) is 39.0 Å². The molecule has 2 atom stereocenters. The molecule has 0 aromatic carbocycles. The van der Waals surface area contributed by atoms with Gasteiger partial charge in [-0.1, -0.05) is 13.3 Å². The topological polar surface area (TPSA) is 83.0 Å². The first kappa shape index (κ1) is 11.8. The van der Waals surface area contributed by atoms with Gasteiger partial charge >= 0.3 is 5.97 Å². The lowest BCUT2D eigenvalue weighted by Gasteiger charge is -2.15. The zero-order valence-corrected chi connectivity index (χ0v) is 9.99. The number of carbonyl (C=O) groups is 1. The molecule has 1 saturated carbocycles. The van der Waals surface area contributed by atoms with Crippen LogP contribution in [0.25, 0.3) is 0 Å². The number of carboxylic acids is 1. The number of rotatable bonds is 2. The number of aromatic amines is 1. The molecule has 1 heterocycles. The average Bonchev–Trinajstić information content (AvgIpc) is 2.62. The molecule has 1 fully saturated rings. The first-order valence-electron chi connectivity index (χ1n) is 5.84. The van der Waals surface area contributed by atoms with Crippen LogP contribution in [0.5, 0.6) is 0 Å². The average molecular weight is 236 g/mol. The standard InChI is InChI=1S/C12H16N2O3/c1-6-4-3-5-8(6)10-13-7(2)9(12(16)17)11(15)14-10/h6,8H,3-5H2,1-2H3,(H,16,17)(H,13,14,15). The summed E-state index contributed by atoms with van der Waals surface area (Å²) in [5.41, 5.74) is -0.492. The lowest BCUT2D eigenvalue weighted by molar-refractivity contribution is 0.0693. The number of H-pyrrole nitrogens is 1. The van der Waals surface area contributed by atoms with Crippen LogP contribution in [0.1, 0.15) is 54.0 Å². The largest absolute Gasteiger partial charge is 0.477 e. The van der Waals surface area contributed by atoms with Gasteiger partial charge in [-0.15, -0.1) is 0 Å². The van der Waals surface area contributed by atoms with Crippen LogP contribution in [0, 0.1) is 12.8 Å². The summed E-state index contributed by atoms with van der Waals surface area (Å²) in [6.07, 6.45) is 3.28. The molecule has 2 unspecified atom stereocenters. The number of nitrogens with one attached hydrogen (secondary N) is 1. The smallest absolute Gasteiger partial charge is 0.343 e. The van der Waals surface area contributed by atoms with E-state index in [1.54, 1.807) is 6.92 Å². The predicted molar refractivity (Wildman–Crippen MR) is 62.3 cm³/mol. The molecule has 1 aliphatic carbocycles. The van der Waals surface area contributed by atoms with Gasteiger partial charge in [0, 0.05) is 5.92 Å². The summed E-state index contributed by atoms with van der Waals surface area (Å²) in [7, 11) is 0. The van der Waals surface area contributed by atoms with Gasteiger partial charge in [0.15, 0.2) is 0 Å². The number of aryl methyl sites for hydroxylation is 1. The van der Waals surface area contributed by atoms with Crippen LogP contribution in [0.4, 0.5) is 0 Å². The normalized spacial score (nSPS) is 23.9. The van der Waals surface area contributed by atoms with Crippen molar-refractivity contribution in [3.8, 4) is 0 Å². The fourth-order valence-electron chi connectivity index (χ4n) is 2.59. The third-order valence-electron chi connectivity index (χ3n) is 3.55. The molecule has 1 aromatic heterocycles. The monoisotopic (exact) mass is 236 g/mol. The minimum atomic E-state index is -1.22. The van der Waals surface area contributed by atoms with Crippen LogP contribution in [-0.2, 0) is 0 Å². The van der Waals surface area contributed by atoms with Crippen molar-refractivity contribution in [1.29, 1.82) is 0 Å². The zero-order valence-electron chi connectivity index (χ0n) is 9.99. The second-order valence-electron chi connectivity index (χ2n) is 4.73. The summed E-state index contributed by atoms with van der Waals surface area (Å²) in [6.45, 7) is 3.71. The molecule has 1 aromatic rings. The molecular weight excluding hydrogens is 220 g/mol. The van der Waals surface area contributed by atoms with E-state index in [4.69, 9.17) is 5.11 Å². The Labute approximate surface area is 98.9 Å². The van der Waals surface area contributed by atoms with Crippen molar-refractivity contribution in [3.63, 3.8) is 0 Å². The first-order valence-corrected chi connectivity index (χ1v) is 5.84. The number of hydrogen-bond donors (Lipinski definition) is 2. The summed E-state index contributed by atoms with van der Waals surface area (Å²) in [5, 5.41) is 8.89. The van der Waals surface area contributed by atoms with Gasteiger partial charge in [-0.3, -0.25) is 4.79 Å². The maximum Gasteiger partial charge on any atom is 0.343 e. The van der Waals surface area contributed by atoms with Crippen LogP contribution >= 0.6 is 0 Å². The number of aromatic carboxylic acids is 1. The molecule has 0 spiro atoms. The van der Waals surface area contributed by atoms with Gasteiger partial charge in [0.1, 0.15) is 11.4 Å². The summed E-state index contributed by atoms with van der Waals surface area (Å²) < 4.78 is 0. The Morgan fingerprint density at radius 1 is 1.47 bits per heavy atom. The van der Waals surface area contributed by atoms with Gasteiger partial charge in [0.2, 0.25) is 0 Å². The zero-order chi connectivity index (χ0) is 12.6. The number of nitrogens with zero attached hydrogens (tertiary/aromatic N) is 1. The van der Waals surface area contributed by atoms with Gasteiger partial charge in [-0.25, -0.2) is 9.78 Å². The Hall–Kier alpha value is -1.65. The maximum atomic E-state index is 11.7. The van der Waals surface area contributed by atoms with E-state index < -0.39 is 11.5 Å². The highest BCUT2D eigenvalue weighted by atomic mass is 16.4. The third kappa shape index (κ3) is 2.09. The minimum Gasteiger partial charge on any atom is -0.477 e. The molecule has 0 radical (unpaired) electrons. The fraction of sp³-hybridized carbons (Fsp3) is 0.583. The van der Waals surface area contributed by atoms with E-state index >= 15 is 0 Å². The summed E-state index contributed by atoms with van der Waals surface area (Å²) in [5.74, 6) is 0.169. The van der Waals surface area contributed by atoms with Gasteiger partial charge in [0.05, 0.1) is 5.69 Å². The molecule has 92 valence electrons. The van der Waals surface area contributed by atoms with E-state index in [-0.39, 0.29) is 11.5 Å². The second kappa shape index (κ2) is 4.31. The Kier molecular flexibility index (Phi) is 3.00. The fourth-order valence-corrected chi connectivity index (χ4v) is 2.59. The van der Waals surface area contributed by atoms with Crippen LogP contribution in [0.2, 0.25) is 0 Å². The van der Waals surface area contributed by atoms with Gasteiger partial charge in [-0.2, -0.15) is 0 Å². The Balaban J connectivity index is 2.45. The van der Waals surface area contributed by atoms with Gasteiger partial charge in [0.25, 0.3) is 5.56 Å². The molecule has 2 N–H and O–H groups in total. The molecular formula is C12H16N2O3. The highest BCUT2D eigenvalue weighted by molar-refractivity contribution is 5.88. The van der Waals surface area contributed by atoms with Crippen molar-refractivity contribution >= 4 is 5.97 Å². The lowest BCUT2D eigenvalue weighted by atomic mass is 9.97. The Bertz CT molecular complexity index is 507. The SMILES string of the molecule is Cc1nc(C2CCCC2C)[nH]c(=O)c1C(=O)O. The van der Waals surface area contributed by atoms with Crippen molar-refractivity contribution in [3.05, 3.63) is 27.4 Å².